The Hall–Kier alpha value is -1.86. The minimum Gasteiger partial charge on any atom is -0.363 e. The summed E-state index contributed by atoms with van der Waals surface area (Å²) in [6.07, 6.45) is 0. The fourth-order valence-corrected chi connectivity index (χ4v) is 2.49. The molecule has 1 N–H and O–H groups in total. The maximum atomic E-state index is 13.5. The number of para-hydroxylation sites is 1. The fraction of sp³-hybridized carbons (Fsp3) is 0.154. The van der Waals surface area contributed by atoms with Crippen LogP contribution in [0, 0.1) is 24.1 Å². The van der Waals surface area contributed by atoms with Crippen LogP contribution in [0.25, 0.3) is 0 Å². The molecule has 1 unspecified atom stereocenters. The van der Waals surface area contributed by atoms with E-state index in [1.54, 1.807) is 18.2 Å². The van der Waals surface area contributed by atoms with E-state index in [0.29, 0.717) is 5.69 Å². The molecule has 0 aliphatic heterocycles. The van der Waals surface area contributed by atoms with Gasteiger partial charge in [-0.3, -0.25) is 0 Å². The van der Waals surface area contributed by atoms with Crippen molar-refractivity contribution in [3.63, 3.8) is 0 Å². The zero-order chi connectivity index (χ0) is 12.3. The third-order valence-corrected chi connectivity index (χ3v) is 3.55. The van der Waals surface area contributed by atoms with E-state index < -0.39 is 6.04 Å². The molecule has 0 fully saturated rings. The van der Waals surface area contributed by atoms with E-state index in [1.165, 1.54) is 17.4 Å². The van der Waals surface area contributed by atoms with Crippen molar-refractivity contribution < 1.29 is 4.39 Å². The molecule has 0 saturated heterocycles. The quantitative estimate of drug-likeness (QED) is 0.892. The maximum Gasteiger partial charge on any atom is 0.149 e. The van der Waals surface area contributed by atoms with E-state index in [9.17, 15) is 4.39 Å². The molecule has 0 aliphatic carbocycles. The molecule has 1 aromatic carbocycles. The van der Waals surface area contributed by atoms with Crippen molar-refractivity contribution in [2.45, 2.75) is 13.0 Å². The Kier molecular flexibility index (Phi) is 3.40. The Morgan fingerprint density at radius 2 is 2.12 bits per heavy atom. The summed E-state index contributed by atoms with van der Waals surface area (Å²) in [6, 6.07) is 9.96. The third-order valence-electron chi connectivity index (χ3n) is 2.47. The second kappa shape index (κ2) is 4.98. The third kappa shape index (κ3) is 2.45. The van der Waals surface area contributed by atoms with E-state index in [4.69, 9.17) is 5.26 Å². The summed E-state index contributed by atoms with van der Waals surface area (Å²) in [5.41, 5.74) is 1.40. The molecule has 0 aliphatic rings. The van der Waals surface area contributed by atoms with Crippen molar-refractivity contribution in [1.82, 2.24) is 0 Å². The van der Waals surface area contributed by atoms with E-state index in [1.807, 2.05) is 18.4 Å². The summed E-state index contributed by atoms with van der Waals surface area (Å²) in [5, 5.41) is 14.0. The molecular weight excluding hydrogens is 235 g/mol. The zero-order valence-electron chi connectivity index (χ0n) is 9.27. The van der Waals surface area contributed by atoms with E-state index in [-0.39, 0.29) is 5.82 Å². The summed E-state index contributed by atoms with van der Waals surface area (Å²) in [5.74, 6) is -0.345. The molecule has 1 heterocycles. The highest BCUT2D eigenvalue weighted by Crippen LogP contribution is 2.27. The van der Waals surface area contributed by atoms with Crippen LogP contribution in [0.3, 0.4) is 0 Å². The molecule has 17 heavy (non-hydrogen) atoms. The number of nitrogens with one attached hydrogen (secondary N) is 1. The molecule has 0 radical (unpaired) electrons. The lowest BCUT2D eigenvalue weighted by Crippen LogP contribution is -2.09. The Balaban J connectivity index is 2.26. The lowest BCUT2D eigenvalue weighted by molar-refractivity contribution is 0.629. The first-order valence-corrected chi connectivity index (χ1v) is 6.05. The highest BCUT2D eigenvalue weighted by Gasteiger charge is 2.15. The van der Waals surface area contributed by atoms with Gasteiger partial charge in [-0.2, -0.15) is 5.26 Å². The molecule has 0 amide bonds. The number of halogens is 1. The van der Waals surface area contributed by atoms with Gasteiger partial charge in [0, 0.05) is 4.88 Å². The topological polar surface area (TPSA) is 35.8 Å². The van der Waals surface area contributed by atoms with Crippen LogP contribution in [-0.4, -0.2) is 0 Å². The maximum absolute atomic E-state index is 13.5. The van der Waals surface area contributed by atoms with Gasteiger partial charge in [-0.1, -0.05) is 12.1 Å². The monoisotopic (exact) mass is 246 g/mol. The molecule has 0 bridgehead atoms. The summed E-state index contributed by atoms with van der Waals surface area (Å²) >= 11 is 1.50. The number of hydrogen-bond acceptors (Lipinski definition) is 3. The number of nitrogens with zero attached hydrogens (tertiary/aromatic N) is 1. The number of hydrogen-bond donors (Lipinski definition) is 1. The number of benzene rings is 1. The Morgan fingerprint density at radius 3 is 2.71 bits per heavy atom. The molecule has 1 atom stereocenters. The van der Waals surface area contributed by atoms with Gasteiger partial charge in [0.1, 0.15) is 11.9 Å². The van der Waals surface area contributed by atoms with Gasteiger partial charge >= 0.3 is 0 Å². The van der Waals surface area contributed by atoms with Crippen LogP contribution in [0.15, 0.2) is 35.7 Å². The molecule has 2 aromatic rings. The number of aryl methyl sites for hydroxylation is 1. The minimum absolute atomic E-state index is 0.345. The van der Waals surface area contributed by atoms with E-state index >= 15 is 0 Å². The molecule has 0 saturated carbocycles. The van der Waals surface area contributed by atoms with E-state index in [2.05, 4.69) is 11.4 Å². The van der Waals surface area contributed by atoms with Gasteiger partial charge in [0.15, 0.2) is 0 Å². The second-order valence-corrected chi connectivity index (χ2v) is 4.60. The first kappa shape index (κ1) is 11.6. The summed E-state index contributed by atoms with van der Waals surface area (Å²) in [7, 11) is 0. The van der Waals surface area contributed by atoms with Gasteiger partial charge in [-0.05, 0) is 36.1 Å². The lowest BCUT2D eigenvalue weighted by atomic mass is 10.1. The van der Waals surface area contributed by atoms with Crippen molar-refractivity contribution in [2.24, 2.45) is 0 Å². The fourth-order valence-electron chi connectivity index (χ4n) is 1.57. The average molecular weight is 246 g/mol. The highest BCUT2D eigenvalue weighted by molar-refractivity contribution is 7.10. The van der Waals surface area contributed by atoms with Crippen LogP contribution in [0.1, 0.15) is 16.5 Å². The second-order valence-electron chi connectivity index (χ2n) is 3.65. The number of anilines is 1. The lowest BCUT2D eigenvalue weighted by Gasteiger charge is -2.13. The molecule has 2 rings (SSSR count). The van der Waals surface area contributed by atoms with Crippen molar-refractivity contribution >= 4 is 17.0 Å². The standard InChI is InChI=1S/C13H11FN2S/c1-9-6-7-17-13(9)12(8-15)16-11-5-3-2-4-10(11)14/h2-7,12,16H,1H3. The van der Waals surface area contributed by atoms with Gasteiger partial charge in [-0.25, -0.2) is 4.39 Å². The first-order valence-electron chi connectivity index (χ1n) is 5.17. The molecular formula is C13H11FN2S. The van der Waals surface area contributed by atoms with Crippen molar-refractivity contribution in [3.05, 3.63) is 52.0 Å². The van der Waals surface area contributed by atoms with Crippen molar-refractivity contribution in [2.75, 3.05) is 5.32 Å². The van der Waals surface area contributed by atoms with Crippen LogP contribution < -0.4 is 5.32 Å². The zero-order valence-corrected chi connectivity index (χ0v) is 10.1. The van der Waals surface area contributed by atoms with Gasteiger partial charge in [0.05, 0.1) is 11.8 Å². The van der Waals surface area contributed by atoms with Gasteiger partial charge < -0.3 is 5.32 Å². The molecule has 0 spiro atoms. The van der Waals surface area contributed by atoms with Gasteiger partial charge in [-0.15, -0.1) is 11.3 Å². The Morgan fingerprint density at radius 1 is 1.35 bits per heavy atom. The molecule has 4 heteroatoms. The van der Waals surface area contributed by atoms with Crippen LogP contribution in [0.5, 0.6) is 0 Å². The van der Waals surface area contributed by atoms with Gasteiger partial charge in [0.25, 0.3) is 0 Å². The van der Waals surface area contributed by atoms with Crippen LogP contribution in [0.4, 0.5) is 10.1 Å². The predicted octanol–water partition coefficient (Wildman–Crippen LogP) is 3.87. The van der Waals surface area contributed by atoms with Crippen molar-refractivity contribution in [1.29, 1.82) is 5.26 Å². The summed E-state index contributed by atoms with van der Waals surface area (Å²) < 4.78 is 13.5. The largest absolute Gasteiger partial charge is 0.363 e. The summed E-state index contributed by atoms with van der Waals surface area (Å²) in [6.45, 7) is 1.94. The van der Waals surface area contributed by atoms with Crippen LogP contribution in [0.2, 0.25) is 0 Å². The van der Waals surface area contributed by atoms with Crippen LogP contribution >= 0.6 is 11.3 Å². The molecule has 86 valence electrons. The molecule has 1 aromatic heterocycles. The number of nitriles is 1. The molecule has 2 nitrogen and oxygen atoms in total. The van der Waals surface area contributed by atoms with E-state index in [0.717, 1.165) is 10.4 Å². The normalized spacial score (nSPS) is 11.8. The SMILES string of the molecule is Cc1ccsc1C(C#N)Nc1ccccc1F. The summed E-state index contributed by atoms with van der Waals surface area (Å²) in [4.78, 5) is 0.927. The average Bonchev–Trinajstić information content (AvgIpc) is 2.75. The van der Waals surface area contributed by atoms with Crippen molar-refractivity contribution in [3.8, 4) is 6.07 Å². The minimum atomic E-state index is -0.508. The number of thiophene rings is 1. The Bertz CT molecular complexity index is 557. The van der Waals surface area contributed by atoms with Crippen LogP contribution in [-0.2, 0) is 0 Å². The predicted molar refractivity (Wildman–Crippen MR) is 67.4 cm³/mol. The smallest absolute Gasteiger partial charge is 0.149 e. The number of rotatable bonds is 3. The highest BCUT2D eigenvalue weighted by atomic mass is 32.1. The Labute approximate surface area is 103 Å². The van der Waals surface area contributed by atoms with Gasteiger partial charge in [0.2, 0.25) is 0 Å². The first-order chi connectivity index (χ1) is 8.22.